The van der Waals surface area contributed by atoms with Crippen molar-refractivity contribution in [3.63, 3.8) is 0 Å². The van der Waals surface area contributed by atoms with Gasteiger partial charge >= 0.3 is 0 Å². The molecule has 1 fully saturated rings. The standard InChI is InChI=1S/C7H16N4O/c1-2-6-5-12-4-3-11(6)7(8)10-9/h6H,2-5,9H2,1H3,(H2,8,10). The van der Waals surface area contributed by atoms with Crippen LogP contribution in [0.2, 0.25) is 0 Å². The van der Waals surface area contributed by atoms with Crippen molar-refractivity contribution in [2.24, 2.45) is 16.7 Å². The van der Waals surface area contributed by atoms with Crippen molar-refractivity contribution in [2.75, 3.05) is 19.8 Å². The molecule has 0 aromatic rings. The molecule has 1 unspecified atom stereocenters. The Bertz CT molecular complexity index is 171. The molecular formula is C7H16N4O. The summed E-state index contributed by atoms with van der Waals surface area (Å²) in [5.74, 6) is 5.51. The van der Waals surface area contributed by atoms with Crippen LogP contribution in [0.15, 0.2) is 5.10 Å². The van der Waals surface area contributed by atoms with Crippen LogP contribution in [0.3, 0.4) is 0 Å². The Labute approximate surface area is 72.3 Å². The molecule has 1 aliphatic rings. The normalized spacial score (nSPS) is 25.9. The zero-order valence-corrected chi connectivity index (χ0v) is 7.36. The average molecular weight is 172 g/mol. The Balaban J connectivity index is 2.58. The van der Waals surface area contributed by atoms with Crippen molar-refractivity contribution in [3.05, 3.63) is 0 Å². The Kier molecular flexibility index (Phi) is 3.16. The first-order valence-electron chi connectivity index (χ1n) is 4.17. The fourth-order valence-corrected chi connectivity index (χ4v) is 1.37. The number of hydrogen-bond donors (Lipinski definition) is 2. The number of nitrogens with two attached hydrogens (primary N) is 2. The van der Waals surface area contributed by atoms with Crippen molar-refractivity contribution in [1.29, 1.82) is 0 Å². The smallest absolute Gasteiger partial charge is 0.213 e. The lowest BCUT2D eigenvalue weighted by Crippen LogP contribution is -2.51. The Morgan fingerprint density at radius 3 is 3.08 bits per heavy atom. The lowest BCUT2D eigenvalue weighted by molar-refractivity contribution is 0.0245. The molecule has 0 spiro atoms. The summed E-state index contributed by atoms with van der Waals surface area (Å²) in [5.41, 5.74) is 5.61. The number of guanidine groups is 1. The molecule has 0 bridgehead atoms. The van der Waals surface area contributed by atoms with Gasteiger partial charge in [0.1, 0.15) is 0 Å². The van der Waals surface area contributed by atoms with Crippen LogP contribution in [0.25, 0.3) is 0 Å². The van der Waals surface area contributed by atoms with Gasteiger partial charge in [0.2, 0.25) is 5.96 Å². The van der Waals surface area contributed by atoms with Gasteiger partial charge in [-0.1, -0.05) is 6.92 Å². The van der Waals surface area contributed by atoms with E-state index in [9.17, 15) is 0 Å². The van der Waals surface area contributed by atoms with E-state index in [2.05, 4.69) is 12.0 Å². The second kappa shape index (κ2) is 4.15. The number of hydrogen-bond acceptors (Lipinski definition) is 3. The Morgan fingerprint density at radius 1 is 1.75 bits per heavy atom. The van der Waals surface area contributed by atoms with Gasteiger partial charge in [-0.05, 0) is 6.42 Å². The van der Waals surface area contributed by atoms with E-state index in [1.165, 1.54) is 0 Å². The summed E-state index contributed by atoms with van der Waals surface area (Å²) in [6, 6.07) is 0.325. The lowest BCUT2D eigenvalue weighted by atomic mass is 10.2. The van der Waals surface area contributed by atoms with Crippen molar-refractivity contribution < 1.29 is 4.74 Å². The molecule has 5 nitrogen and oxygen atoms in total. The molecule has 0 aromatic carbocycles. The highest BCUT2D eigenvalue weighted by molar-refractivity contribution is 5.78. The minimum absolute atomic E-state index is 0.325. The lowest BCUT2D eigenvalue weighted by Gasteiger charge is -2.35. The van der Waals surface area contributed by atoms with Gasteiger partial charge in [-0.2, -0.15) is 0 Å². The summed E-state index contributed by atoms with van der Waals surface area (Å²) in [6.45, 7) is 4.29. The van der Waals surface area contributed by atoms with Gasteiger partial charge in [-0.3, -0.25) is 0 Å². The maximum absolute atomic E-state index is 5.61. The summed E-state index contributed by atoms with van der Waals surface area (Å²) in [5, 5.41) is 3.48. The van der Waals surface area contributed by atoms with E-state index in [1.807, 2.05) is 4.90 Å². The highest BCUT2D eigenvalue weighted by Gasteiger charge is 2.22. The fraction of sp³-hybridized carbons (Fsp3) is 0.857. The minimum Gasteiger partial charge on any atom is -0.377 e. The van der Waals surface area contributed by atoms with Gasteiger partial charge in [-0.15, -0.1) is 5.10 Å². The first-order valence-corrected chi connectivity index (χ1v) is 4.17. The van der Waals surface area contributed by atoms with Crippen LogP contribution < -0.4 is 11.6 Å². The molecule has 1 atom stereocenters. The van der Waals surface area contributed by atoms with Crippen molar-refractivity contribution in [2.45, 2.75) is 19.4 Å². The monoisotopic (exact) mass is 172 g/mol. The maximum atomic E-state index is 5.61. The zero-order chi connectivity index (χ0) is 8.97. The van der Waals surface area contributed by atoms with Crippen LogP contribution >= 0.6 is 0 Å². The largest absolute Gasteiger partial charge is 0.377 e. The molecule has 1 rings (SSSR count). The first kappa shape index (κ1) is 9.12. The molecule has 1 aliphatic heterocycles. The molecule has 4 N–H and O–H groups in total. The van der Waals surface area contributed by atoms with E-state index in [0.717, 1.165) is 13.0 Å². The second-order valence-corrected chi connectivity index (χ2v) is 2.82. The van der Waals surface area contributed by atoms with Crippen LogP contribution in [0.4, 0.5) is 0 Å². The Hall–Kier alpha value is -0.970. The van der Waals surface area contributed by atoms with Crippen LogP contribution in [-0.4, -0.2) is 36.7 Å². The van der Waals surface area contributed by atoms with E-state index in [0.29, 0.717) is 25.2 Å². The van der Waals surface area contributed by atoms with Gasteiger partial charge in [-0.25, -0.2) is 0 Å². The number of morpholine rings is 1. The van der Waals surface area contributed by atoms with Gasteiger partial charge in [0.05, 0.1) is 19.3 Å². The van der Waals surface area contributed by atoms with Gasteiger partial charge in [0.15, 0.2) is 0 Å². The van der Waals surface area contributed by atoms with Gasteiger partial charge in [0.25, 0.3) is 0 Å². The van der Waals surface area contributed by atoms with Crippen molar-refractivity contribution >= 4 is 5.96 Å². The van der Waals surface area contributed by atoms with Crippen LogP contribution in [0.5, 0.6) is 0 Å². The summed E-state index contributed by atoms with van der Waals surface area (Å²) < 4.78 is 5.30. The number of rotatable bonds is 1. The van der Waals surface area contributed by atoms with Crippen LogP contribution in [-0.2, 0) is 4.74 Å². The van der Waals surface area contributed by atoms with E-state index in [1.54, 1.807) is 0 Å². The highest BCUT2D eigenvalue weighted by atomic mass is 16.5. The third kappa shape index (κ3) is 1.79. The van der Waals surface area contributed by atoms with Crippen LogP contribution in [0.1, 0.15) is 13.3 Å². The van der Waals surface area contributed by atoms with Gasteiger partial charge in [0, 0.05) is 6.54 Å². The van der Waals surface area contributed by atoms with E-state index in [-0.39, 0.29) is 0 Å². The predicted molar refractivity (Wildman–Crippen MR) is 47.4 cm³/mol. The molecule has 0 saturated carbocycles. The molecule has 0 amide bonds. The van der Waals surface area contributed by atoms with Gasteiger partial charge < -0.3 is 21.2 Å². The SMILES string of the molecule is CCC1COCCN1C(N)=NN. The quantitative estimate of drug-likeness (QED) is 0.237. The molecule has 5 heteroatoms. The van der Waals surface area contributed by atoms with E-state index >= 15 is 0 Å². The second-order valence-electron chi connectivity index (χ2n) is 2.82. The number of nitrogens with zero attached hydrogens (tertiary/aromatic N) is 2. The number of ether oxygens (including phenoxy) is 1. The third-order valence-electron chi connectivity index (χ3n) is 2.13. The molecular weight excluding hydrogens is 156 g/mol. The molecule has 0 radical (unpaired) electrons. The third-order valence-corrected chi connectivity index (χ3v) is 2.13. The molecule has 0 aliphatic carbocycles. The maximum Gasteiger partial charge on any atom is 0.213 e. The topological polar surface area (TPSA) is 76.9 Å². The fourth-order valence-electron chi connectivity index (χ4n) is 1.37. The summed E-state index contributed by atoms with van der Waals surface area (Å²) >= 11 is 0. The summed E-state index contributed by atoms with van der Waals surface area (Å²) in [6.07, 6.45) is 0.996. The predicted octanol–water partition coefficient (Wildman–Crippen LogP) is -0.714. The first-order chi connectivity index (χ1) is 5.79. The molecule has 0 aromatic heterocycles. The van der Waals surface area contributed by atoms with Crippen LogP contribution in [0, 0.1) is 0 Å². The number of hydrazone groups is 1. The average Bonchev–Trinajstić information content (AvgIpc) is 2.16. The summed E-state index contributed by atoms with van der Waals surface area (Å²) in [4.78, 5) is 1.99. The molecule has 12 heavy (non-hydrogen) atoms. The molecule has 1 heterocycles. The highest BCUT2D eigenvalue weighted by Crippen LogP contribution is 2.08. The van der Waals surface area contributed by atoms with Crippen molar-refractivity contribution in [3.8, 4) is 0 Å². The summed E-state index contributed by atoms with van der Waals surface area (Å²) in [7, 11) is 0. The Morgan fingerprint density at radius 2 is 2.50 bits per heavy atom. The van der Waals surface area contributed by atoms with E-state index < -0.39 is 0 Å². The van der Waals surface area contributed by atoms with Crippen molar-refractivity contribution in [1.82, 2.24) is 4.90 Å². The molecule has 70 valence electrons. The minimum atomic E-state index is 0.325. The molecule has 1 saturated heterocycles. The van der Waals surface area contributed by atoms with E-state index in [4.69, 9.17) is 16.3 Å². The zero-order valence-electron chi connectivity index (χ0n) is 7.36.